The minimum Gasteiger partial charge on any atom is -0.493 e. The third-order valence-electron chi connectivity index (χ3n) is 2.31. The van der Waals surface area contributed by atoms with Gasteiger partial charge in [0.1, 0.15) is 5.56 Å². The second-order valence-corrected chi connectivity index (χ2v) is 3.74. The zero-order valence-corrected chi connectivity index (χ0v) is 9.48. The van der Waals surface area contributed by atoms with Crippen molar-refractivity contribution in [3.05, 3.63) is 40.7 Å². The van der Waals surface area contributed by atoms with Crippen molar-refractivity contribution in [3.8, 4) is 17.0 Å². The van der Waals surface area contributed by atoms with E-state index in [-0.39, 0.29) is 22.2 Å². The Balaban J connectivity index is 2.77. The maximum Gasteiger partial charge on any atom is 0.265 e. The van der Waals surface area contributed by atoms with Crippen molar-refractivity contribution in [1.82, 2.24) is 9.55 Å². The van der Waals surface area contributed by atoms with Gasteiger partial charge in [-0.1, -0.05) is 30.3 Å². The van der Waals surface area contributed by atoms with Crippen molar-refractivity contribution in [2.75, 3.05) is 0 Å². The van der Waals surface area contributed by atoms with E-state index in [4.69, 9.17) is 0 Å². The molecule has 1 N–H and O–H groups in total. The Bertz CT molecular complexity index is 579. The lowest BCUT2D eigenvalue weighted by atomic mass is 10.1. The first-order chi connectivity index (χ1) is 7.61. The lowest BCUT2D eigenvalue weighted by Crippen LogP contribution is -2.20. The summed E-state index contributed by atoms with van der Waals surface area (Å²) in [7, 11) is 1.56. The van der Waals surface area contributed by atoms with Crippen LogP contribution < -0.4 is 5.56 Å². The third kappa shape index (κ3) is 1.69. The van der Waals surface area contributed by atoms with E-state index in [1.54, 1.807) is 31.3 Å². The van der Waals surface area contributed by atoms with Crippen LogP contribution in [-0.2, 0) is 7.05 Å². The van der Waals surface area contributed by atoms with Crippen molar-refractivity contribution in [3.63, 3.8) is 0 Å². The summed E-state index contributed by atoms with van der Waals surface area (Å²) in [5.74, 6) is -0.292. The molecule has 0 unspecified atom stereocenters. The SMILES string of the molecule is Cn1c(S)nc(O)c(-c2ccccc2)c1=O. The lowest BCUT2D eigenvalue weighted by molar-refractivity contribution is 0.440. The van der Waals surface area contributed by atoms with Gasteiger partial charge in [0, 0.05) is 7.05 Å². The van der Waals surface area contributed by atoms with Crippen LogP contribution >= 0.6 is 12.6 Å². The Kier molecular flexibility index (Phi) is 2.70. The van der Waals surface area contributed by atoms with Crippen molar-refractivity contribution >= 4 is 12.6 Å². The number of hydrogen-bond acceptors (Lipinski definition) is 4. The van der Waals surface area contributed by atoms with E-state index in [9.17, 15) is 9.90 Å². The van der Waals surface area contributed by atoms with E-state index in [0.717, 1.165) is 0 Å². The van der Waals surface area contributed by atoms with Crippen molar-refractivity contribution in [2.24, 2.45) is 7.05 Å². The smallest absolute Gasteiger partial charge is 0.265 e. The Hall–Kier alpha value is -1.75. The van der Waals surface area contributed by atoms with Gasteiger partial charge in [-0.2, -0.15) is 4.98 Å². The Morgan fingerprint density at radius 3 is 2.56 bits per heavy atom. The van der Waals surface area contributed by atoms with Crippen molar-refractivity contribution in [1.29, 1.82) is 0 Å². The number of thiol groups is 1. The highest BCUT2D eigenvalue weighted by molar-refractivity contribution is 7.80. The van der Waals surface area contributed by atoms with E-state index >= 15 is 0 Å². The number of nitrogens with zero attached hydrogens (tertiary/aromatic N) is 2. The average Bonchev–Trinajstić information content (AvgIpc) is 2.28. The number of aromatic nitrogens is 2. The van der Waals surface area contributed by atoms with E-state index in [1.807, 2.05) is 6.07 Å². The molecule has 16 heavy (non-hydrogen) atoms. The van der Waals surface area contributed by atoms with E-state index in [2.05, 4.69) is 17.6 Å². The van der Waals surface area contributed by atoms with Gasteiger partial charge >= 0.3 is 0 Å². The normalized spacial score (nSPS) is 10.4. The fraction of sp³-hybridized carbons (Fsp3) is 0.0909. The van der Waals surface area contributed by atoms with Gasteiger partial charge in [-0.3, -0.25) is 9.36 Å². The molecule has 0 aliphatic rings. The monoisotopic (exact) mass is 234 g/mol. The number of benzene rings is 1. The molecule has 1 heterocycles. The maximum atomic E-state index is 11.9. The van der Waals surface area contributed by atoms with Gasteiger partial charge in [0.25, 0.3) is 5.56 Å². The highest BCUT2D eigenvalue weighted by Crippen LogP contribution is 2.23. The highest BCUT2D eigenvalue weighted by atomic mass is 32.1. The van der Waals surface area contributed by atoms with Gasteiger partial charge in [0.15, 0.2) is 5.16 Å². The number of rotatable bonds is 1. The fourth-order valence-corrected chi connectivity index (χ4v) is 1.62. The molecule has 5 heteroatoms. The molecule has 82 valence electrons. The van der Waals surface area contributed by atoms with E-state index in [0.29, 0.717) is 5.56 Å². The Labute approximate surface area is 97.6 Å². The summed E-state index contributed by atoms with van der Waals surface area (Å²) < 4.78 is 1.28. The van der Waals surface area contributed by atoms with Crippen LogP contribution in [0.2, 0.25) is 0 Å². The van der Waals surface area contributed by atoms with Gasteiger partial charge in [0.2, 0.25) is 5.88 Å². The van der Waals surface area contributed by atoms with Crippen molar-refractivity contribution < 1.29 is 5.11 Å². The molecule has 0 saturated carbocycles. The highest BCUT2D eigenvalue weighted by Gasteiger charge is 2.13. The largest absolute Gasteiger partial charge is 0.493 e. The molecule has 0 aliphatic carbocycles. The molecule has 0 atom stereocenters. The minimum absolute atomic E-state index is 0.183. The standard InChI is InChI=1S/C11H10N2O2S/c1-13-10(15)8(9(14)12-11(13)16)7-5-3-2-4-6-7/h2-6,14H,1H3,(H,12,16). The summed E-state index contributed by atoms with van der Waals surface area (Å²) in [6.07, 6.45) is 0. The van der Waals surface area contributed by atoms with Gasteiger partial charge in [-0.25, -0.2) is 0 Å². The maximum absolute atomic E-state index is 11.9. The molecule has 4 nitrogen and oxygen atoms in total. The van der Waals surface area contributed by atoms with Crippen LogP contribution in [0.4, 0.5) is 0 Å². The Morgan fingerprint density at radius 1 is 1.31 bits per heavy atom. The second kappa shape index (κ2) is 4.02. The van der Waals surface area contributed by atoms with Crippen LogP contribution in [0.25, 0.3) is 11.1 Å². The molecular formula is C11H10N2O2S. The first-order valence-electron chi connectivity index (χ1n) is 4.65. The Morgan fingerprint density at radius 2 is 1.94 bits per heavy atom. The molecule has 2 aromatic rings. The summed E-state index contributed by atoms with van der Waals surface area (Å²) in [6.45, 7) is 0. The molecule has 1 aromatic heterocycles. The van der Waals surface area contributed by atoms with Gasteiger partial charge < -0.3 is 5.11 Å². The second-order valence-electron chi connectivity index (χ2n) is 3.34. The topological polar surface area (TPSA) is 55.1 Å². The third-order valence-corrected chi connectivity index (χ3v) is 2.71. The lowest BCUT2D eigenvalue weighted by Gasteiger charge is -2.07. The van der Waals surface area contributed by atoms with E-state index < -0.39 is 0 Å². The first kappa shape index (κ1) is 10.8. The number of hydrogen-bond donors (Lipinski definition) is 2. The molecule has 0 radical (unpaired) electrons. The molecule has 1 aromatic carbocycles. The van der Waals surface area contributed by atoms with Gasteiger partial charge in [-0.05, 0) is 5.56 Å². The molecule has 0 spiro atoms. The van der Waals surface area contributed by atoms with Crippen LogP contribution in [0.3, 0.4) is 0 Å². The average molecular weight is 234 g/mol. The van der Waals surface area contributed by atoms with Crippen molar-refractivity contribution in [2.45, 2.75) is 5.16 Å². The van der Waals surface area contributed by atoms with Crippen LogP contribution in [0.1, 0.15) is 0 Å². The summed E-state index contributed by atoms with van der Waals surface area (Å²) in [6, 6.07) is 8.92. The summed E-state index contributed by atoms with van der Waals surface area (Å²) in [5, 5.41) is 9.86. The van der Waals surface area contributed by atoms with E-state index in [1.165, 1.54) is 4.57 Å². The van der Waals surface area contributed by atoms with Crippen LogP contribution in [0.5, 0.6) is 5.88 Å². The summed E-state index contributed by atoms with van der Waals surface area (Å²) in [5.41, 5.74) is 0.519. The molecule has 0 bridgehead atoms. The zero-order chi connectivity index (χ0) is 11.7. The van der Waals surface area contributed by atoms with Gasteiger partial charge in [0.05, 0.1) is 0 Å². The quantitative estimate of drug-likeness (QED) is 0.580. The first-order valence-corrected chi connectivity index (χ1v) is 5.10. The summed E-state index contributed by atoms with van der Waals surface area (Å²) >= 11 is 3.99. The fourth-order valence-electron chi connectivity index (χ4n) is 1.44. The van der Waals surface area contributed by atoms with Crippen LogP contribution in [0.15, 0.2) is 40.3 Å². The van der Waals surface area contributed by atoms with Crippen LogP contribution in [0, 0.1) is 0 Å². The molecular weight excluding hydrogens is 224 g/mol. The predicted octanol–water partition coefficient (Wildman–Crippen LogP) is 1.44. The number of aromatic hydroxyl groups is 1. The zero-order valence-electron chi connectivity index (χ0n) is 8.58. The van der Waals surface area contributed by atoms with Crippen LogP contribution in [-0.4, -0.2) is 14.7 Å². The predicted molar refractivity (Wildman–Crippen MR) is 63.8 cm³/mol. The minimum atomic E-state index is -0.316. The molecule has 0 saturated heterocycles. The summed E-state index contributed by atoms with van der Waals surface area (Å²) in [4.78, 5) is 15.7. The van der Waals surface area contributed by atoms with Gasteiger partial charge in [-0.15, -0.1) is 12.6 Å². The molecule has 0 amide bonds. The molecule has 0 aliphatic heterocycles. The molecule has 0 fully saturated rings. The molecule has 2 rings (SSSR count).